The Hall–Kier alpha value is -4.73. The maximum absolute atomic E-state index is 13.0. The van der Waals surface area contributed by atoms with Crippen LogP contribution >= 0.6 is 0 Å². The Morgan fingerprint density at radius 3 is 2.02 bits per heavy atom. The van der Waals surface area contributed by atoms with Crippen LogP contribution in [-0.4, -0.2) is 52.6 Å². The molecule has 5 heterocycles. The number of aromatic amines is 2. The highest BCUT2D eigenvalue weighted by Gasteiger charge is 2.27. The number of nitrogens with zero attached hydrogens (tertiary/aromatic N) is 1. The number of nitrogens with one attached hydrogen (secondary N) is 3. The molecular weight excluding hydrogens is 632 g/mol. The van der Waals surface area contributed by atoms with E-state index in [2.05, 4.69) is 20.3 Å². The maximum Gasteiger partial charge on any atom is 0.306 e. The summed E-state index contributed by atoms with van der Waals surface area (Å²) in [5.41, 5.74) is 10.1. The van der Waals surface area contributed by atoms with Crippen LogP contribution in [-0.2, 0) is 28.7 Å². The minimum Gasteiger partial charge on any atom is -0.466 e. The summed E-state index contributed by atoms with van der Waals surface area (Å²) in [7, 11) is 0. The number of cyclic esters (lactones) is 2. The fourth-order valence-corrected chi connectivity index (χ4v) is 7.45. The SMILES string of the molecule is CCC1=C(C)C(=O)N=C1/C=c1\[nH]/c2c(c1C)[C@@H](C)CC(=O)OCCCCCOC(=O)C[C@H](C)c1c([nH]c(/C=C3\NC(=O)C(C)=C3CC)c1C)/C=2. The molecule has 0 aromatic carbocycles. The van der Waals surface area contributed by atoms with Gasteiger partial charge in [0.05, 0.1) is 31.8 Å². The summed E-state index contributed by atoms with van der Waals surface area (Å²) in [4.78, 5) is 62.6. The Morgan fingerprint density at radius 1 is 0.780 bits per heavy atom. The van der Waals surface area contributed by atoms with Crippen LogP contribution in [0.15, 0.2) is 33.0 Å². The Balaban J connectivity index is 1.73. The number of carbonyl (C=O) groups is 4. The van der Waals surface area contributed by atoms with Gasteiger partial charge in [0.25, 0.3) is 11.8 Å². The zero-order valence-electron chi connectivity index (χ0n) is 30.6. The average molecular weight is 683 g/mol. The van der Waals surface area contributed by atoms with E-state index in [9.17, 15) is 19.2 Å². The van der Waals surface area contributed by atoms with Crippen LogP contribution in [0.1, 0.15) is 132 Å². The fourth-order valence-electron chi connectivity index (χ4n) is 7.45. The van der Waals surface area contributed by atoms with Gasteiger partial charge in [0.1, 0.15) is 0 Å². The molecule has 3 aliphatic rings. The Kier molecular flexibility index (Phi) is 11.3. The summed E-state index contributed by atoms with van der Waals surface area (Å²) >= 11 is 0. The molecule has 0 saturated heterocycles. The lowest BCUT2D eigenvalue weighted by molar-refractivity contribution is -0.144. The zero-order valence-corrected chi connectivity index (χ0v) is 30.6. The van der Waals surface area contributed by atoms with Crippen molar-refractivity contribution >= 4 is 47.7 Å². The second kappa shape index (κ2) is 15.4. The molecule has 0 spiro atoms. The lowest BCUT2D eigenvalue weighted by Crippen LogP contribution is -2.17. The van der Waals surface area contributed by atoms with Crippen molar-refractivity contribution in [2.24, 2.45) is 4.99 Å². The molecule has 10 heteroatoms. The Morgan fingerprint density at radius 2 is 1.40 bits per heavy atom. The highest BCUT2D eigenvalue weighted by atomic mass is 16.5. The highest BCUT2D eigenvalue weighted by Crippen LogP contribution is 2.33. The first-order valence-corrected chi connectivity index (χ1v) is 17.9. The number of amides is 2. The monoisotopic (exact) mass is 682 g/mol. The molecule has 0 saturated carbocycles. The molecule has 0 fully saturated rings. The number of carbonyl (C=O) groups excluding carboxylic acids is 4. The van der Waals surface area contributed by atoms with Crippen molar-refractivity contribution in [3.05, 3.63) is 72.3 Å². The number of hydrogen-bond acceptors (Lipinski definition) is 6. The third kappa shape index (κ3) is 7.54. The normalized spacial score (nSPS) is 23.2. The van der Waals surface area contributed by atoms with E-state index in [-0.39, 0.29) is 48.4 Å². The number of esters is 2. The lowest BCUT2D eigenvalue weighted by Gasteiger charge is -2.14. The van der Waals surface area contributed by atoms with E-state index in [0.717, 1.165) is 67.6 Å². The highest BCUT2D eigenvalue weighted by molar-refractivity contribution is 6.30. The van der Waals surface area contributed by atoms with Gasteiger partial charge in [0.2, 0.25) is 0 Å². The molecule has 50 heavy (non-hydrogen) atoms. The van der Waals surface area contributed by atoms with Gasteiger partial charge in [-0.3, -0.25) is 19.2 Å². The number of allylic oxidation sites excluding steroid dienone is 2. The molecule has 0 aliphatic carbocycles. The van der Waals surface area contributed by atoms with Gasteiger partial charge >= 0.3 is 11.9 Å². The van der Waals surface area contributed by atoms with E-state index >= 15 is 0 Å². The van der Waals surface area contributed by atoms with Crippen molar-refractivity contribution in [2.75, 3.05) is 13.2 Å². The summed E-state index contributed by atoms with van der Waals surface area (Å²) in [5.74, 6) is -1.24. The zero-order chi connectivity index (χ0) is 36.3. The smallest absolute Gasteiger partial charge is 0.306 e. The standard InChI is InChI=1S/C40H50N4O6/c1-9-27-23(5)39(47)43-31(27)18-29-25(7)37-21(3)16-35(45)49-14-12-11-13-15-50-36(46)17-22(4)38-26(8)30(42-34(38)20-33(37)41-29)19-32-28(10-2)24(6)40(48)44-32/h18-22,41-42H,9-17H2,1-8H3,(H,43,47)/b30-19-,31-18-,34-20-/t21-,22-/m0/s1. The molecule has 0 unspecified atom stereocenters. The summed E-state index contributed by atoms with van der Waals surface area (Å²) < 4.78 is 11.2. The molecular formula is C40H50N4O6. The third-order valence-electron chi connectivity index (χ3n) is 10.2. The number of rotatable bonds is 4. The van der Waals surface area contributed by atoms with Gasteiger partial charge in [-0.25, -0.2) is 4.99 Å². The van der Waals surface area contributed by atoms with Gasteiger partial charge < -0.3 is 24.8 Å². The molecule has 3 N–H and O–H groups in total. The molecule has 5 rings (SSSR count). The van der Waals surface area contributed by atoms with Gasteiger partial charge in [-0.2, -0.15) is 0 Å². The average Bonchev–Trinajstić information content (AvgIpc) is 3.72. The van der Waals surface area contributed by atoms with Crippen LogP contribution in [0, 0.1) is 13.8 Å². The van der Waals surface area contributed by atoms with Crippen molar-refractivity contribution in [1.82, 2.24) is 15.3 Å². The molecule has 2 atom stereocenters. The molecule has 266 valence electrons. The second-order valence-corrected chi connectivity index (χ2v) is 13.7. The largest absolute Gasteiger partial charge is 0.466 e. The molecule has 0 radical (unpaired) electrons. The topological polar surface area (TPSA) is 143 Å². The molecule has 2 aromatic heterocycles. The molecule has 2 amide bonds. The van der Waals surface area contributed by atoms with E-state index < -0.39 is 0 Å². The molecule has 2 aromatic rings. The third-order valence-corrected chi connectivity index (χ3v) is 10.2. The summed E-state index contributed by atoms with van der Waals surface area (Å²) in [6.07, 6.45) is 9.89. The number of aliphatic imine (C=N–C) groups is 1. The van der Waals surface area contributed by atoms with Gasteiger partial charge in [-0.05, 0) is 123 Å². The van der Waals surface area contributed by atoms with E-state index in [0.29, 0.717) is 55.8 Å². The lowest BCUT2D eigenvalue weighted by atomic mass is 9.92. The van der Waals surface area contributed by atoms with Crippen LogP contribution < -0.4 is 16.0 Å². The van der Waals surface area contributed by atoms with Crippen molar-refractivity contribution < 1.29 is 28.7 Å². The van der Waals surface area contributed by atoms with Crippen LogP contribution in [0.2, 0.25) is 0 Å². The predicted molar refractivity (Wildman–Crippen MR) is 195 cm³/mol. The van der Waals surface area contributed by atoms with E-state index in [1.54, 1.807) is 0 Å². The molecule has 10 nitrogen and oxygen atoms in total. The van der Waals surface area contributed by atoms with Crippen LogP contribution in [0.5, 0.6) is 0 Å². The minimum absolute atomic E-state index is 0.1000. The first-order chi connectivity index (χ1) is 23.8. The maximum atomic E-state index is 13.0. The summed E-state index contributed by atoms with van der Waals surface area (Å²) in [5, 5.41) is 4.61. The van der Waals surface area contributed by atoms with Gasteiger partial charge in [0, 0.05) is 38.9 Å². The number of fused-ring (bicyclic) bond motifs is 2. The van der Waals surface area contributed by atoms with E-state index in [1.165, 1.54) is 0 Å². The van der Waals surface area contributed by atoms with E-state index in [1.807, 2.05) is 73.6 Å². The van der Waals surface area contributed by atoms with Crippen molar-refractivity contribution in [3.8, 4) is 0 Å². The number of hydrogen-bond donors (Lipinski definition) is 3. The number of ether oxygens (including phenoxy) is 2. The van der Waals surface area contributed by atoms with Gasteiger partial charge in [-0.15, -0.1) is 0 Å². The van der Waals surface area contributed by atoms with Crippen molar-refractivity contribution in [3.63, 3.8) is 0 Å². The number of H-pyrrole nitrogens is 2. The first kappa shape index (κ1) is 36.5. The van der Waals surface area contributed by atoms with Gasteiger partial charge in [0.15, 0.2) is 0 Å². The van der Waals surface area contributed by atoms with Gasteiger partial charge in [-0.1, -0.05) is 27.7 Å². The first-order valence-electron chi connectivity index (χ1n) is 17.9. The molecule has 3 aliphatic heterocycles. The van der Waals surface area contributed by atoms with Crippen molar-refractivity contribution in [1.29, 1.82) is 0 Å². The summed E-state index contributed by atoms with van der Waals surface area (Å²) in [6.45, 7) is 16.4. The molecule has 0 bridgehead atoms. The van der Waals surface area contributed by atoms with Crippen molar-refractivity contribution in [2.45, 2.75) is 112 Å². The summed E-state index contributed by atoms with van der Waals surface area (Å²) in [6, 6.07) is 0. The van der Waals surface area contributed by atoms with E-state index in [4.69, 9.17) is 9.47 Å². The van der Waals surface area contributed by atoms with Crippen LogP contribution in [0.25, 0.3) is 18.2 Å². The Labute approximate surface area is 293 Å². The number of aromatic nitrogens is 2. The fraction of sp³-hybridized carbons (Fsp3) is 0.475. The van der Waals surface area contributed by atoms with Crippen LogP contribution in [0.3, 0.4) is 0 Å². The minimum atomic E-state index is -0.271. The predicted octanol–water partition coefficient (Wildman–Crippen LogP) is 5.73. The van der Waals surface area contributed by atoms with Crippen LogP contribution in [0.4, 0.5) is 0 Å². The quantitative estimate of drug-likeness (QED) is 0.352. The second-order valence-electron chi connectivity index (χ2n) is 13.7. The Bertz CT molecular complexity index is 1980.